The SMILES string of the molecule is CCOc1cc(/C=N\NC(=O)c2cc3cc([N+](=O)[O-])ccc3o2)cc(Cl)c1OCc1ccc(C)cc1. The van der Waals surface area contributed by atoms with Crippen LogP contribution in [0.3, 0.4) is 0 Å². The van der Waals surface area contributed by atoms with Gasteiger partial charge in [-0.1, -0.05) is 41.4 Å². The number of rotatable bonds is 9. The maximum Gasteiger partial charge on any atom is 0.307 e. The van der Waals surface area contributed by atoms with Crippen LogP contribution in [0.2, 0.25) is 5.02 Å². The number of nitrogens with one attached hydrogen (secondary N) is 1. The quantitative estimate of drug-likeness (QED) is 0.167. The fourth-order valence-corrected chi connectivity index (χ4v) is 3.66. The smallest absolute Gasteiger partial charge is 0.307 e. The second-order valence-corrected chi connectivity index (χ2v) is 8.23. The van der Waals surface area contributed by atoms with Crippen molar-refractivity contribution in [1.29, 1.82) is 0 Å². The molecule has 1 N–H and O–H groups in total. The second kappa shape index (κ2) is 10.9. The van der Waals surface area contributed by atoms with Crippen molar-refractivity contribution >= 4 is 40.4 Å². The zero-order valence-electron chi connectivity index (χ0n) is 19.5. The number of amides is 1. The van der Waals surface area contributed by atoms with Crippen molar-refractivity contribution < 1.29 is 23.6 Å². The molecule has 0 aliphatic rings. The highest BCUT2D eigenvalue weighted by molar-refractivity contribution is 6.32. The largest absolute Gasteiger partial charge is 0.490 e. The number of benzene rings is 3. The van der Waals surface area contributed by atoms with Crippen molar-refractivity contribution in [2.75, 3.05) is 6.61 Å². The highest BCUT2D eigenvalue weighted by Crippen LogP contribution is 2.37. The Labute approximate surface area is 211 Å². The third-order valence-electron chi connectivity index (χ3n) is 5.15. The molecule has 0 aliphatic carbocycles. The summed E-state index contributed by atoms with van der Waals surface area (Å²) in [5.74, 6) is 0.218. The van der Waals surface area contributed by atoms with Gasteiger partial charge in [0.05, 0.1) is 22.8 Å². The second-order valence-electron chi connectivity index (χ2n) is 7.83. The average Bonchev–Trinajstić information content (AvgIpc) is 3.28. The molecule has 1 amide bonds. The maximum absolute atomic E-state index is 12.4. The van der Waals surface area contributed by atoms with Gasteiger partial charge < -0.3 is 13.9 Å². The van der Waals surface area contributed by atoms with E-state index >= 15 is 0 Å². The van der Waals surface area contributed by atoms with E-state index in [1.54, 1.807) is 12.1 Å². The van der Waals surface area contributed by atoms with E-state index in [1.807, 2.05) is 38.1 Å². The predicted molar refractivity (Wildman–Crippen MR) is 136 cm³/mol. The van der Waals surface area contributed by atoms with E-state index in [4.69, 9.17) is 25.5 Å². The number of nitro groups is 1. The zero-order valence-corrected chi connectivity index (χ0v) is 20.2. The van der Waals surface area contributed by atoms with E-state index in [2.05, 4.69) is 10.5 Å². The lowest BCUT2D eigenvalue weighted by atomic mass is 10.1. The van der Waals surface area contributed by atoms with Crippen molar-refractivity contribution in [2.45, 2.75) is 20.5 Å². The first kappa shape index (κ1) is 24.7. The van der Waals surface area contributed by atoms with Gasteiger partial charge in [0.25, 0.3) is 5.69 Å². The number of non-ortho nitro benzene ring substituents is 1. The van der Waals surface area contributed by atoms with Crippen LogP contribution in [0, 0.1) is 17.0 Å². The van der Waals surface area contributed by atoms with Crippen LogP contribution >= 0.6 is 11.6 Å². The number of hydrazone groups is 1. The summed E-state index contributed by atoms with van der Waals surface area (Å²) in [4.78, 5) is 22.8. The standard InChI is InChI=1S/C26H22ClN3O6/c1-3-34-23-11-18(10-21(27)25(23)35-15-17-6-4-16(2)5-7-17)14-28-29-26(31)24-13-19-12-20(30(32)33)8-9-22(19)36-24/h4-14H,3,15H2,1-2H3,(H,29,31)/b28-14-. The van der Waals surface area contributed by atoms with E-state index in [0.29, 0.717) is 46.3 Å². The van der Waals surface area contributed by atoms with Crippen LogP contribution in [0.5, 0.6) is 11.5 Å². The molecule has 0 saturated heterocycles. The lowest BCUT2D eigenvalue weighted by Crippen LogP contribution is -2.16. The van der Waals surface area contributed by atoms with Crippen LogP contribution in [-0.2, 0) is 6.61 Å². The van der Waals surface area contributed by atoms with Crippen molar-refractivity contribution in [3.63, 3.8) is 0 Å². The Morgan fingerprint density at radius 1 is 1.14 bits per heavy atom. The van der Waals surface area contributed by atoms with Gasteiger partial charge in [0.2, 0.25) is 0 Å². The van der Waals surface area contributed by atoms with E-state index in [1.165, 1.54) is 30.5 Å². The fraction of sp³-hybridized carbons (Fsp3) is 0.154. The molecule has 10 heteroatoms. The van der Waals surface area contributed by atoms with Gasteiger partial charge >= 0.3 is 5.91 Å². The number of carbonyl (C=O) groups is 1. The lowest BCUT2D eigenvalue weighted by molar-refractivity contribution is -0.384. The van der Waals surface area contributed by atoms with Crippen LogP contribution in [0.25, 0.3) is 11.0 Å². The highest BCUT2D eigenvalue weighted by Gasteiger charge is 2.15. The Bertz CT molecular complexity index is 1450. The van der Waals surface area contributed by atoms with Gasteiger partial charge in [-0.15, -0.1) is 0 Å². The highest BCUT2D eigenvalue weighted by atomic mass is 35.5. The number of aryl methyl sites for hydroxylation is 1. The first-order valence-corrected chi connectivity index (χ1v) is 11.4. The number of carbonyl (C=O) groups excluding carboxylic acids is 1. The third kappa shape index (κ3) is 5.81. The number of halogens is 1. The Morgan fingerprint density at radius 2 is 1.92 bits per heavy atom. The third-order valence-corrected chi connectivity index (χ3v) is 5.43. The molecule has 0 fully saturated rings. The minimum absolute atomic E-state index is 0.0319. The van der Waals surface area contributed by atoms with Gasteiger partial charge in [0, 0.05) is 17.5 Å². The molecule has 36 heavy (non-hydrogen) atoms. The average molecular weight is 508 g/mol. The summed E-state index contributed by atoms with van der Waals surface area (Å²) in [6.07, 6.45) is 1.41. The molecule has 0 bridgehead atoms. The molecule has 0 unspecified atom stereocenters. The molecule has 0 atom stereocenters. The maximum atomic E-state index is 12.4. The number of hydrogen-bond acceptors (Lipinski definition) is 7. The Hall–Kier alpha value is -4.37. The first-order chi connectivity index (χ1) is 17.3. The van der Waals surface area contributed by atoms with E-state index in [0.717, 1.165) is 11.1 Å². The van der Waals surface area contributed by atoms with Gasteiger partial charge in [-0.25, -0.2) is 5.43 Å². The number of hydrogen-bond donors (Lipinski definition) is 1. The number of nitro benzene ring substituents is 1. The van der Waals surface area contributed by atoms with Crippen LogP contribution in [0.1, 0.15) is 34.2 Å². The van der Waals surface area contributed by atoms with Crippen molar-refractivity contribution in [3.8, 4) is 11.5 Å². The Balaban J connectivity index is 1.46. The van der Waals surface area contributed by atoms with Crippen LogP contribution in [-0.4, -0.2) is 23.7 Å². The molecular formula is C26H22ClN3O6. The normalized spacial score (nSPS) is 11.1. The minimum atomic E-state index is -0.612. The van der Waals surface area contributed by atoms with Gasteiger partial charge in [0.15, 0.2) is 17.3 Å². The Morgan fingerprint density at radius 3 is 2.64 bits per heavy atom. The molecule has 0 aliphatic heterocycles. The summed E-state index contributed by atoms with van der Waals surface area (Å²) < 4.78 is 17.1. The van der Waals surface area contributed by atoms with Gasteiger partial charge in [0.1, 0.15) is 12.2 Å². The summed E-state index contributed by atoms with van der Waals surface area (Å²) in [7, 11) is 0. The molecule has 0 spiro atoms. The van der Waals surface area contributed by atoms with E-state index < -0.39 is 10.8 Å². The summed E-state index contributed by atoms with van der Waals surface area (Å²) in [6, 6.07) is 16.8. The number of furan rings is 1. The number of ether oxygens (including phenoxy) is 2. The molecule has 4 aromatic rings. The van der Waals surface area contributed by atoms with Gasteiger partial charge in [-0.3, -0.25) is 14.9 Å². The monoisotopic (exact) mass is 507 g/mol. The van der Waals surface area contributed by atoms with Gasteiger partial charge in [-0.05, 0) is 49.2 Å². The first-order valence-electron chi connectivity index (χ1n) is 11.0. The molecule has 3 aromatic carbocycles. The molecule has 1 heterocycles. The molecule has 184 valence electrons. The van der Waals surface area contributed by atoms with Crippen molar-refractivity contribution in [2.24, 2.45) is 5.10 Å². The van der Waals surface area contributed by atoms with Gasteiger partial charge in [-0.2, -0.15) is 5.10 Å². The lowest BCUT2D eigenvalue weighted by Gasteiger charge is -2.14. The summed E-state index contributed by atoms with van der Waals surface area (Å²) >= 11 is 6.46. The van der Waals surface area contributed by atoms with E-state index in [-0.39, 0.29) is 11.4 Å². The summed E-state index contributed by atoms with van der Waals surface area (Å²) in [6.45, 7) is 4.59. The van der Waals surface area contributed by atoms with Crippen molar-refractivity contribution in [3.05, 3.63) is 98.3 Å². The zero-order chi connectivity index (χ0) is 25.7. The molecule has 1 aromatic heterocycles. The topological polar surface area (TPSA) is 116 Å². The van der Waals surface area contributed by atoms with E-state index in [9.17, 15) is 14.9 Å². The molecule has 0 saturated carbocycles. The molecule has 4 rings (SSSR count). The summed E-state index contributed by atoms with van der Waals surface area (Å²) in [5.41, 5.74) is 5.35. The van der Waals surface area contributed by atoms with Crippen molar-refractivity contribution in [1.82, 2.24) is 5.43 Å². The fourth-order valence-electron chi connectivity index (χ4n) is 3.38. The van der Waals surface area contributed by atoms with Crippen LogP contribution < -0.4 is 14.9 Å². The predicted octanol–water partition coefficient (Wildman–Crippen LogP) is 6.04. The van der Waals surface area contributed by atoms with Crippen LogP contribution in [0.15, 0.2) is 70.2 Å². The minimum Gasteiger partial charge on any atom is -0.490 e. The Kier molecular flexibility index (Phi) is 7.50. The summed E-state index contributed by atoms with van der Waals surface area (Å²) in [5, 5.41) is 15.7. The number of fused-ring (bicyclic) bond motifs is 1. The molecular weight excluding hydrogens is 486 g/mol. The molecule has 9 nitrogen and oxygen atoms in total. The van der Waals surface area contributed by atoms with Crippen LogP contribution in [0.4, 0.5) is 5.69 Å². The number of nitrogens with zero attached hydrogens (tertiary/aromatic N) is 2. The molecule has 0 radical (unpaired) electrons.